The summed E-state index contributed by atoms with van der Waals surface area (Å²) in [6, 6.07) is 19.1. The zero-order valence-electron chi connectivity index (χ0n) is 18.5. The normalized spacial score (nSPS) is 22.2. The minimum absolute atomic E-state index is 0.197. The first kappa shape index (κ1) is 19.7. The predicted molar refractivity (Wildman–Crippen MR) is 129 cm³/mol. The van der Waals surface area contributed by atoms with E-state index in [1.165, 1.54) is 37.1 Å². The topological polar surface area (TPSA) is 36.4 Å². The van der Waals surface area contributed by atoms with Gasteiger partial charge in [-0.25, -0.2) is 4.98 Å². The third kappa shape index (κ3) is 3.43. The van der Waals surface area contributed by atoms with E-state index >= 15 is 0 Å². The highest BCUT2D eigenvalue weighted by Gasteiger charge is 2.35. The molecule has 2 aromatic carbocycles. The molecule has 4 heteroatoms. The molecular weight excluding hydrogens is 394 g/mol. The van der Waals surface area contributed by atoms with Crippen LogP contribution >= 0.6 is 0 Å². The van der Waals surface area contributed by atoms with Crippen LogP contribution in [0.1, 0.15) is 52.9 Å². The number of allylic oxidation sites excluding steroid dienone is 1. The molecule has 3 aliphatic rings. The molecule has 162 valence electrons. The first-order chi connectivity index (χ1) is 15.8. The zero-order valence-corrected chi connectivity index (χ0v) is 18.5. The fourth-order valence-electron chi connectivity index (χ4n) is 5.76. The first-order valence-corrected chi connectivity index (χ1v) is 12.0. The molecule has 3 aromatic rings. The molecule has 4 nitrogen and oxygen atoms in total. The number of benzene rings is 2. The number of fused-ring (bicyclic) bond motifs is 2. The summed E-state index contributed by atoms with van der Waals surface area (Å²) in [5, 5.41) is 1.00. The number of hydrogen-bond donors (Lipinski definition) is 0. The molecule has 0 N–H and O–H groups in total. The van der Waals surface area contributed by atoms with E-state index in [4.69, 9.17) is 4.98 Å². The maximum Gasteiger partial charge on any atom is 0.254 e. The Labute approximate surface area is 189 Å². The lowest BCUT2D eigenvalue weighted by Gasteiger charge is -2.24. The number of rotatable bonds is 3. The van der Waals surface area contributed by atoms with Crippen LogP contribution in [0.25, 0.3) is 22.6 Å². The van der Waals surface area contributed by atoms with Crippen LogP contribution < -0.4 is 0 Å². The highest BCUT2D eigenvalue weighted by atomic mass is 16.2. The summed E-state index contributed by atoms with van der Waals surface area (Å²) >= 11 is 0. The second kappa shape index (κ2) is 8.18. The monoisotopic (exact) mass is 423 g/mol. The number of para-hydroxylation sites is 1. The molecule has 0 spiro atoms. The fraction of sp³-hybridized carbons (Fsp3) is 0.357. The van der Waals surface area contributed by atoms with E-state index in [1.807, 2.05) is 24.3 Å². The van der Waals surface area contributed by atoms with Crippen molar-refractivity contribution in [3.05, 3.63) is 77.0 Å². The molecule has 32 heavy (non-hydrogen) atoms. The summed E-state index contributed by atoms with van der Waals surface area (Å²) in [6.45, 7) is 4.09. The summed E-state index contributed by atoms with van der Waals surface area (Å²) in [6.07, 6.45) is 7.74. The third-order valence-corrected chi connectivity index (χ3v) is 7.40. The Hall–Kier alpha value is -2.98. The maximum atomic E-state index is 13.9. The minimum atomic E-state index is 0.197. The molecule has 0 radical (unpaired) electrons. The Balaban J connectivity index is 1.39. The summed E-state index contributed by atoms with van der Waals surface area (Å²) in [5.41, 5.74) is 6.40. The number of carbonyl (C=O) groups is 1. The second-order valence-electron chi connectivity index (χ2n) is 9.35. The van der Waals surface area contributed by atoms with Crippen LogP contribution in [0, 0.1) is 0 Å². The van der Waals surface area contributed by atoms with Crippen molar-refractivity contribution in [3.8, 4) is 0 Å². The molecule has 2 fully saturated rings. The van der Waals surface area contributed by atoms with Crippen LogP contribution in [0.15, 0.2) is 54.6 Å². The van der Waals surface area contributed by atoms with Crippen molar-refractivity contribution in [1.29, 1.82) is 0 Å². The van der Waals surface area contributed by atoms with Gasteiger partial charge in [-0.1, -0.05) is 48.5 Å². The van der Waals surface area contributed by atoms with Crippen LogP contribution in [-0.2, 0) is 6.42 Å². The lowest BCUT2D eigenvalue weighted by molar-refractivity contribution is 0.0781. The fourth-order valence-corrected chi connectivity index (χ4v) is 5.76. The first-order valence-electron chi connectivity index (χ1n) is 12.0. The van der Waals surface area contributed by atoms with Crippen LogP contribution in [0.5, 0.6) is 0 Å². The van der Waals surface area contributed by atoms with Gasteiger partial charge in [0.2, 0.25) is 0 Å². The molecule has 1 atom stereocenters. The molecular formula is C28H29N3O. The molecule has 2 saturated heterocycles. The van der Waals surface area contributed by atoms with Gasteiger partial charge in [0.15, 0.2) is 0 Å². The minimum Gasteiger partial charge on any atom is -0.337 e. The number of carbonyl (C=O) groups excluding carboxylic acids is 1. The summed E-state index contributed by atoms with van der Waals surface area (Å²) in [7, 11) is 0. The van der Waals surface area contributed by atoms with Crippen LogP contribution in [0.3, 0.4) is 0 Å². The number of nitrogens with zero attached hydrogens (tertiary/aromatic N) is 3. The Morgan fingerprint density at radius 2 is 1.72 bits per heavy atom. The van der Waals surface area contributed by atoms with Crippen molar-refractivity contribution in [1.82, 2.24) is 14.8 Å². The van der Waals surface area contributed by atoms with Crippen LogP contribution in [-0.4, -0.2) is 52.9 Å². The smallest absolute Gasteiger partial charge is 0.254 e. The molecule has 6 rings (SSSR count). The van der Waals surface area contributed by atoms with Crippen molar-refractivity contribution in [3.63, 3.8) is 0 Å². The molecule has 1 amide bonds. The van der Waals surface area contributed by atoms with Crippen molar-refractivity contribution in [2.24, 2.45) is 0 Å². The van der Waals surface area contributed by atoms with E-state index in [0.29, 0.717) is 6.04 Å². The van der Waals surface area contributed by atoms with E-state index < -0.39 is 0 Å². The molecule has 3 heterocycles. The van der Waals surface area contributed by atoms with E-state index in [0.717, 1.165) is 60.1 Å². The molecule has 1 aliphatic carbocycles. The van der Waals surface area contributed by atoms with Crippen molar-refractivity contribution >= 4 is 28.5 Å². The number of aromatic nitrogens is 1. The van der Waals surface area contributed by atoms with Crippen LogP contribution in [0.2, 0.25) is 0 Å². The van der Waals surface area contributed by atoms with Gasteiger partial charge in [0.05, 0.1) is 16.8 Å². The third-order valence-electron chi connectivity index (χ3n) is 7.40. The van der Waals surface area contributed by atoms with Crippen molar-refractivity contribution in [2.45, 2.75) is 38.1 Å². The number of likely N-dealkylation sites (tertiary alicyclic amines) is 2. The highest BCUT2D eigenvalue weighted by molar-refractivity contribution is 6.09. The Morgan fingerprint density at radius 3 is 2.56 bits per heavy atom. The largest absolute Gasteiger partial charge is 0.337 e. The molecule has 0 bridgehead atoms. The van der Waals surface area contributed by atoms with Gasteiger partial charge in [-0.05, 0) is 74.0 Å². The van der Waals surface area contributed by atoms with Gasteiger partial charge in [0, 0.05) is 24.5 Å². The lowest BCUT2D eigenvalue weighted by Crippen LogP contribution is -2.37. The van der Waals surface area contributed by atoms with Gasteiger partial charge in [-0.15, -0.1) is 0 Å². The quantitative estimate of drug-likeness (QED) is 0.593. The SMILES string of the molecule is O=C(c1c2c(nc3ccccc13)/C(=C\c1ccccc1)CC2)N1CCC(N2CCCC2)C1. The van der Waals surface area contributed by atoms with Gasteiger partial charge in [-0.3, -0.25) is 9.69 Å². The lowest BCUT2D eigenvalue weighted by atomic mass is 9.99. The maximum absolute atomic E-state index is 13.9. The van der Waals surface area contributed by atoms with E-state index in [-0.39, 0.29) is 5.91 Å². The number of pyridine rings is 1. The second-order valence-corrected chi connectivity index (χ2v) is 9.35. The number of amides is 1. The van der Waals surface area contributed by atoms with Crippen LogP contribution in [0.4, 0.5) is 0 Å². The van der Waals surface area contributed by atoms with Gasteiger partial charge in [-0.2, -0.15) is 0 Å². The Bertz CT molecular complexity index is 1190. The van der Waals surface area contributed by atoms with Crippen molar-refractivity contribution < 1.29 is 4.79 Å². The van der Waals surface area contributed by atoms with E-state index in [2.05, 4.69) is 46.2 Å². The Morgan fingerprint density at radius 1 is 0.938 bits per heavy atom. The van der Waals surface area contributed by atoms with E-state index in [1.54, 1.807) is 0 Å². The predicted octanol–water partition coefficient (Wildman–Crippen LogP) is 5.03. The Kier molecular flexibility index (Phi) is 5.03. The summed E-state index contributed by atoms with van der Waals surface area (Å²) < 4.78 is 0. The summed E-state index contributed by atoms with van der Waals surface area (Å²) in [4.78, 5) is 23.6. The van der Waals surface area contributed by atoms with Gasteiger partial charge in [0.1, 0.15) is 0 Å². The zero-order chi connectivity index (χ0) is 21.5. The molecule has 1 aromatic heterocycles. The van der Waals surface area contributed by atoms with Gasteiger partial charge < -0.3 is 4.90 Å². The average molecular weight is 424 g/mol. The highest BCUT2D eigenvalue weighted by Crippen LogP contribution is 2.38. The molecule has 1 unspecified atom stereocenters. The van der Waals surface area contributed by atoms with Crippen molar-refractivity contribution in [2.75, 3.05) is 26.2 Å². The molecule has 0 saturated carbocycles. The van der Waals surface area contributed by atoms with Gasteiger partial charge >= 0.3 is 0 Å². The van der Waals surface area contributed by atoms with E-state index in [9.17, 15) is 4.79 Å². The van der Waals surface area contributed by atoms with Gasteiger partial charge in [0.25, 0.3) is 5.91 Å². The average Bonchev–Trinajstić information content (AvgIpc) is 3.59. The molecule has 2 aliphatic heterocycles. The summed E-state index contributed by atoms with van der Waals surface area (Å²) in [5.74, 6) is 0.197. The standard InChI is InChI=1S/C28H29N3O/c32-28(31-17-14-22(19-31)30-15-6-7-16-30)26-23-10-4-5-11-25(23)29-27-21(12-13-24(26)27)18-20-8-2-1-3-9-20/h1-5,8-11,18,22H,6-7,12-17,19H2/b21-18-. The number of hydrogen-bond acceptors (Lipinski definition) is 3.